The third-order valence-electron chi connectivity index (χ3n) is 3.64. The quantitative estimate of drug-likeness (QED) is 0.793. The Morgan fingerprint density at radius 3 is 2.42 bits per heavy atom. The second-order valence-corrected chi connectivity index (χ2v) is 7.27. The van der Waals surface area contributed by atoms with Crippen molar-refractivity contribution in [1.82, 2.24) is 10.4 Å². The van der Waals surface area contributed by atoms with Crippen LogP contribution >= 0.6 is 11.6 Å². The number of nitrogens with zero attached hydrogens (tertiary/aromatic N) is 1. The first kappa shape index (κ1) is 18.4. The molecule has 2 rings (SSSR count). The Morgan fingerprint density at radius 2 is 1.83 bits per heavy atom. The zero-order valence-corrected chi connectivity index (χ0v) is 14.8. The minimum atomic E-state index is -4.00. The molecule has 0 fully saturated rings. The van der Waals surface area contributed by atoms with Crippen LogP contribution in [0.15, 0.2) is 53.4 Å². The van der Waals surface area contributed by atoms with E-state index in [9.17, 15) is 13.2 Å². The number of amides is 1. The normalized spacial score (nSPS) is 12.9. The summed E-state index contributed by atoms with van der Waals surface area (Å²) in [5.41, 5.74) is 3.89. The molecule has 1 unspecified atom stereocenters. The summed E-state index contributed by atoms with van der Waals surface area (Å²) in [4.78, 5) is 12.1. The molecule has 2 aromatic rings. The highest BCUT2D eigenvalue weighted by atomic mass is 35.5. The number of hydrogen-bond donors (Lipinski definition) is 2. The number of halogens is 1. The maximum absolute atomic E-state index is 12.3. The molecule has 0 saturated carbocycles. The average molecular weight is 368 g/mol. The van der Waals surface area contributed by atoms with Crippen molar-refractivity contribution in [3.63, 3.8) is 0 Å². The SMILES string of the molecule is CC(c1ccccc1)N(C)NC(=O)c1ccc(Cl)c(S(N)(=O)=O)c1. The summed E-state index contributed by atoms with van der Waals surface area (Å²) in [6.07, 6.45) is 0. The zero-order chi connectivity index (χ0) is 17.9. The molecular formula is C16H18ClN3O3S. The van der Waals surface area contributed by atoms with Gasteiger partial charge in [-0.25, -0.2) is 18.6 Å². The number of carbonyl (C=O) groups excluding carboxylic acids is 1. The van der Waals surface area contributed by atoms with Crippen LogP contribution in [-0.2, 0) is 10.0 Å². The maximum atomic E-state index is 12.3. The molecule has 6 nitrogen and oxygen atoms in total. The standard InChI is InChI=1S/C16H18ClN3O3S/c1-11(12-6-4-3-5-7-12)20(2)19-16(21)13-8-9-14(17)15(10-13)24(18,22)23/h3-11H,1-2H3,(H,19,21)(H2,18,22,23). The molecule has 2 aromatic carbocycles. The van der Waals surface area contributed by atoms with Crippen molar-refractivity contribution < 1.29 is 13.2 Å². The van der Waals surface area contributed by atoms with E-state index in [4.69, 9.17) is 16.7 Å². The van der Waals surface area contributed by atoms with Crippen LogP contribution < -0.4 is 10.6 Å². The number of hydrazine groups is 1. The van der Waals surface area contributed by atoms with Crippen LogP contribution in [0.25, 0.3) is 0 Å². The Hall–Kier alpha value is -1.93. The van der Waals surface area contributed by atoms with Gasteiger partial charge in [-0.3, -0.25) is 10.2 Å². The summed E-state index contributed by atoms with van der Waals surface area (Å²) in [6.45, 7) is 1.94. The van der Waals surface area contributed by atoms with Gasteiger partial charge < -0.3 is 0 Å². The predicted molar refractivity (Wildman–Crippen MR) is 92.9 cm³/mol. The van der Waals surface area contributed by atoms with E-state index in [0.29, 0.717) is 0 Å². The smallest absolute Gasteiger partial charge is 0.265 e. The monoisotopic (exact) mass is 367 g/mol. The van der Waals surface area contributed by atoms with Crippen LogP contribution in [0.4, 0.5) is 0 Å². The first-order chi connectivity index (χ1) is 11.2. The molecule has 0 aliphatic carbocycles. The lowest BCUT2D eigenvalue weighted by molar-refractivity contribution is 0.0772. The molecule has 1 amide bonds. The lowest BCUT2D eigenvalue weighted by Crippen LogP contribution is -2.40. The van der Waals surface area contributed by atoms with Gasteiger partial charge in [-0.05, 0) is 30.7 Å². The molecule has 0 aliphatic rings. The number of primary sulfonamides is 1. The molecule has 0 aromatic heterocycles. The van der Waals surface area contributed by atoms with Gasteiger partial charge in [0.25, 0.3) is 5.91 Å². The highest BCUT2D eigenvalue weighted by Gasteiger charge is 2.19. The summed E-state index contributed by atoms with van der Waals surface area (Å²) in [5.74, 6) is -0.457. The zero-order valence-electron chi connectivity index (χ0n) is 13.2. The fourth-order valence-corrected chi connectivity index (χ4v) is 3.21. The fraction of sp³-hybridized carbons (Fsp3) is 0.188. The number of hydrogen-bond acceptors (Lipinski definition) is 4. The molecule has 3 N–H and O–H groups in total. The molecule has 24 heavy (non-hydrogen) atoms. The molecule has 0 bridgehead atoms. The molecule has 0 aliphatic heterocycles. The number of sulfonamides is 1. The highest BCUT2D eigenvalue weighted by Crippen LogP contribution is 2.22. The Balaban J connectivity index is 2.18. The first-order valence-corrected chi connectivity index (χ1v) is 9.03. The van der Waals surface area contributed by atoms with E-state index in [0.717, 1.165) is 11.6 Å². The van der Waals surface area contributed by atoms with Crippen LogP contribution in [0.3, 0.4) is 0 Å². The Morgan fingerprint density at radius 1 is 1.21 bits per heavy atom. The van der Waals surface area contributed by atoms with Crippen LogP contribution in [0.1, 0.15) is 28.9 Å². The minimum absolute atomic E-state index is 0.0277. The third-order valence-corrected chi connectivity index (χ3v) is 5.03. The molecule has 0 radical (unpaired) electrons. The van der Waals surface area contributed by atoms with Crippen molar-refractivity contribution in [3.8, 4) is 0 Å². The van der Waals surface area contributed by atoms with Gasteiger partial charge in [0.1, 0.15) is 4.90 Å². The van der Waals surface area contributed by atoms with Crippen molar-refractivity contribution in [2.24, 2.45) is 5.14 Å². The maximum Gasteiger partial charge on any atom is 0.265 e. The van der Waals surface area contributed by atoms with Crippen LogP contribution in [0.5, 0.6) is 0 Å². The summed E-state index contributed by atoms with van der Waals surface area (Å²) >= 11 is 5.82. The minimum Gasteiger partial charge on any atom is -0.284 e. The van der Waals surface area contributed by atoms with Crippen LogP contribution in [0, 0.1) is 0 Å². The largest absolute Gasteiger partial charge is 0.284 e. The first-order valence-electron chi connectivity index (χ1n) is 7.11. The topological polar surface area (TPSA) is 92.5 Å². The van der Waals surface area contributed by atoms with Crippen molar-refractivity contribution in [1.29, 1.82) is 0 Å². The molecule has 8 heteroatoms. The van der Waals surface area contributed by atoms with E-state index >= 15 is 0 Å². The van der Waals surface area contributed by atoms with Gasteiger partial charge in [-0.1, -0.05) is 41.9 Å². The van der Waals surface area contributed by atoms with Gasteiger partial charge in [0.15, 0.2) is 0 Å². The molecule has 0 saturated heterocycles. The Bertz CT molecular complexity index is 841. The van der Waals surface area contributed by atoms with E-state index < -0.39 is 15.9 Å². The Labute approximate surface area is 146 Å². The number of benzene rings is 2. The van der Waals surface area contributed by atoms with Crippen LogP contribution in [-0.4, -0.2) is 26.4 Å². The van der Waals surface area contributed by atoms with Gasteiger partial charge in [0.05, 0.1) is 11.1 Å². The average Bonchev–Trinajstić information content (AvgIpc) is 2.54. The van der Waals surface area contributed by atoms with E-state index in [-0.39, 0.29) is 21.5 Å². The Kier molecular flexibility index (Phi) is 5.61. The number of rotatable bonds is 5. The number of nitrogens with one attached hydrogen (secondary N) is 1. The second-order valence-electron chi connectivity index (χ2n) is 5.33. The summed E-state index contributed by atoms with van der Waals surface area (Å²) < 4.78 is 23.0. The van der Waals surface area contributed by atoms with E-state index in [1.165, 1.54) is 12.1 Å². The summed E-state index contributed by atoms with van der Waals surface area (Å²) in [6, 6.07) is 13.5. The number of carbonyl (C=O) groups is 1. The molecule has 0 heterocycles. The van der Waals surface area contributed by atoms with Gasteiger partial charge in [-0.15, -0.1) is 0 Å². The third kappa shape index (κ3) is 4.33. The summed E-state index contributed by atoms with van der Waals surface area (Å²) in [7, 11) is -2.27. The molecule has 1 atom stereocenters. The number of nitrogens with two attached hydrogens (primary N) is 1. The van der Waals surface area contributed by atoms with E-state index in [1.54, 1.807) is 12.1 Å². The fourth-order valence-electron chi connectivity index (χ4n) is 2.14. The highest BCUT2D eigenvalue weighted by molar-refractivity contribution is 7.89. The van der Waals surface area contributed by atoms with Crippen molar-refractivity contribution >= 4 is 27.5 Å². The lowest BCUT2D eigenvalue weighted by atomic mass is 10.1. The molecule has 0 spiro atoms. The lowest BCUT2D eigenvalue weighted by Gasteiger charge is -2.25. The molecular weight excluding hydrogens is 350 g/mol. The van der Waals surface area contributed by atoms with Gasteiger partial charge in [0, 0.05) is 12.6 Å². The summed E-state index contributed by atoms with van der Waals surface area (Å²) in [5, 5.41) is 6.71. The molecule has 128 valence electrons. The van der Waals surface area contributed by atoms with Gasteiger partial charge >= 0.3 is 0 Å². The van der Waals surface area contributed by atoms with Crippen molar-refractivity contribution in [2.45, 2.75) is 17.9 Å². The van der Waals surface area contributed by atoms with Gasteiger partial charge in [0.2, 0.25) is 10.0 Å². The van der Waals surface area contributed by atoms with Gasteiger partial charge in [-0.2, -0.15) is 0 Å². The van der Waals surface area contributed by atoms with E-state index in [1.807, 2.05) is 37.3 Å². The van der Waals surface area contributed by atoms with Crippen molar-refractivity contribution in [3.05, 3.63) is 64.7 Å². The second kappa shape index (κ2) is 7.31. The predicted octanol–water partition coefficient (Wildman–Crippen LogP) is 2.33. The van der Waals surface area contributed by atoms with Crippen molar-refractivity contribution in [2.75, 3.05) is 7.05 Å². The van der Waals surface area contributed by atoms with Crippen LogP contribution in [0.2, 0.25) is 5.02 Å². The van der Waals surface area contributed by atoms with E-state index in [2.05, 4.69) is 5.43 Å².